The normalized spacial score (nSPS) is 10.4. The number of carboxylic acids is 1. The molecule has 0 atom stereocenters. The molecule has 0 heterocycles. The minimum absolute atomic E-state index is 0.105. The highest BCUT2D eigenvalue weighted by molar-refractivity contribution is 6.39. The summed E-state index contributed by atoms with van der Waals surface area (Å²) in [5.41, 5.74) is 2.30. The average Bonchev–Trinajstić information content (AvgIpc) is 2.57. The number of carbonyl (C=O) groups excluding carboxylic acids is 3. The third kappa shape index (κ3) is 4.47. The Kier molecular flexibility index (Phi) is 5.35. The zero-order valence-electron chi connectivity index (χ0n) is 12.2. The van der Waals surface area contributed by atoms with Gasteiger partial charge in [0.05, 0.1) is 12.2 Å². The molecule has 2 N–H and O–H groups in total. The minimum Gasteiger partial charge on any atom is -0.545 e. The van der Waals surface area contributed by atoms with Gasteiger partial charge in [0.25, 0.3) is 0 Å². The van der Waals surface area contributed by atoms with Crippen LogP contribution in [-0.4, -0.2) is 24.0 Å². The summed E-state index contributed by atoms with van der Waals surface area (Å²) < 4.78 is 12.7. The molecular weight excluding hydrogens is 317 g/mol. The van der Waals surface area contributed by atoms with Gasteiger partial charge in [0.2, 0.25) is 0 Å². The Bertz CT molecular complexity index is 803. The predicted molar refractivity (Wildman–Crippen MR) is 81.5 cm³/mol. The number of rotatable bonds is 4. The lowest BCUT2D eigenvalue weighted by Gasteiger charge is -2.06. The van der Waals surface area contributed by atoms with E-state index in [1.807, 2.05) is 5.43 Å². The summed E-state index contributed by atoms with van der Waals surface area (Å²) in [5.74, 6) is -3.94. The van der Waals surface area contributed by atoms with Gasteiger partial charge in [0, 0.05) is 16.8 Å². The third-order valence-electron chi connectivity index (χ3n) is 2.86. The largest absolute Gasteiger partial charge is 0.545 e. The highest BCUT2D eigenvalue weighted by atomic mass is 19.1. The van der Waals surface area contributed by atoms with E-state index in [1.165, 1.54) is 30.3 Å². The van der Waals surface area contributed by atoms with E-state index in [-0.39, 0.29) is 16.8 Å². The molecule has 0 spiro atoms. The van der Waals surface area contributed by atoms with Gasteiger partial charge in [0.15, 0.2) is 0 Å². The topological polar surface area (TPSA) is 111 Å². The van der Waals surface area contributed by atoms with Gasteiger partial charge in [-0.25, -0.2) is 9.82 Å². The van der Waals surface area contributed by atoms with Gasteiger partial charge in [0.1, 0.15) is 5.82 Å². The maximum Gasteiger partial charge on any atom is 0.329 e. The lowest BCUT2D eigenvalue weighted by atomic mass is 10.1. The number of halogens is 1. The van der Waals surface area contributed by atoms with E-state index in [1.54, 1.807) is 6.07 Å². The first-order valence-electron chi connectivity index (χ1n) is 6.67. The van der Waals surface area contributed by atoms with E-state index in [0.717, 1.165) is 18.3 Å². The molecule has 0 aliphatic heterocycles. The monoisotopic (exact) mass is 328 g/mol. The van der Waals surface area contributed by atoms with Crippen LogP contribution in [0.3, 0.4) is 0 Å². The van der Waals surface area contributed by atoms with Crippen LogP contribution in [0.5, 0.6) is 0 Å². The summed E-state index contributed by atoms with van der Waals surface area (Å²) in [7, 11) is 0. The first-order chi connectivity index (χ1) is 11.5. The highest BCUT2D eigenvalue weighted by Gasteiger charge is 2.12. The van der Waals surface area contributed by atoms with E-state index in [2.05, 4.69) is 10.4 Å². The number of aromatic carboxylic acids is 1. The molecule has 0 saturated carbocycles. The Morgan fingerprint density at radius 3 is 2.33 bits per heavy atom. The van der Waals surface area contributed by atoms with Crippen molar-refractivity contribution in [3.05, 3.63) is 65.5 Å². The molecule has 2 aromatic rings. The number of nitrogens with one attached hydrogen (secondary N) is 2. The van der Waals surface area contributed by atoms with Crippen LogP contribution in [0.15, 0.2) is 53.6 Å². The van der Waals surface area contributed by atoms with Crippen molar-refractivity contribution in [2.75, 3.05) is 5.32 Å². The summed E-state index contributed by atoms with van der Waals surface area (Å²) in [6.07, 6.45) is 1.08. The molecule has 0 fully saturated rings. The first kappa shape index (κ1) is 16.8. The summed E-state index contributed by atoms with van der Waals surface area (Å²) >= 11 is 0. The van der Waals surface area contributed by atoms with Crippen LogP contribution in [0, 0.1) is 5.82 Å². The molecule has 122 valence electrons. The second kappa shape index (κ2) is 7.63. The van der Waals surface area contributed by atoms with Crippen molar-refractivity contribution in [3.63, 3.8) is 0 Å². The molecule has 2 rings (SSSR count). The number of carboxylic acid groups (broad SMARTS) is 1. The van der Waals surface area contributed by atoms with E-state index < -0.39 is 23.6 Å². The van der Waals surface area contributed by atoms with Gasteiger partial charge in [-0.2, -0.15) is 5.10 Å². The van der Waals surface area contributed by atoms with Gasteiger partial charge >= 0.3 is 11.8 Å². The summed E-state index contributed by atoms with van der Waals surface area (Å²) in [6.45, 7) is 0. The van der Waals surface area contributed by atoms with Crippen LogP contribution >= 0.6 is 0 Å². The van der Waals surface area contributed by atoms with Crippen molar-refractivity contribution in [2.45, 2.75) is 0 Å². The van der Waals surface area contributed by atoms with Crippen molar-refractivity contribution >= 4 is 29.7 Å². The van der Waals surface area contributed by atoms with Crippen molar-refractivity contribution < 1.29 is 23.9 Å². The van der Waals surface area contributed by atoms with Gasteiger partial charge in [-0.1, -0.05) is 24.3 Å². The summed E-state index contributed by atoms with van der Waals surface area (Å²) in [6, 6.07) is 10.7. The van der Waals surface area contributed by atoms with E-state index in [0.29, 0.717) is 0 Å². The molecule has 0 aliphatic rings. The van der Waals surface area contributed by atoms with Crippen molar-refractivity contribution in [1.29, 1.82) is 0 Å². The van der Waals surface area contributed by atoms with Crippen LogP contribution in [0.2, 0.25) is 0 Å². The number of amides is 2. The first-order valence-corrected chi connectivity index (χ1v) is 6.67. The Labute approximate surface area is 135 Å². The van der Waals surface area contributed by atoms with Gasteiger partial charge in [-0.15, -0.1) is 0 Å². The number of hydrogen-bond donors (Lipinski definition) is 2. The van der Waals surface area contributed by atoms with E-state index in [4.69, 9.17) is 0 Å². The standard InChI is InChI=1S/C16H12FN3O4/c17-11-5-7-12(8-6-11)19-14(21)15(22)20-18-9-10-3-1-2-4-13(10)16(23)24/h1-9H,(H,19,21)(H,20,22)(H,23,24)/p-1/b18-9-. The van der Waals surface area contributed by atoms with Crippen molar-refractivity contribution in [1.82, 2.24) is 5.43 Å². The molecule has 0 radical (unpaired) electrons. The van der Waals surface area contributed by atoms with Crippen LogP contribution in [-0.2, 0) is 9.59 Å². The number of hydrogen-bond acceptors (Lipinski definition) is 5. The number of nitrogens with zero attached hydrogens (tertiary/aromatic N) is 1. The number of anilines is 1. The molecule has 2 aromatic carbocycles. The fourth-order valence-electron chi connectivity index (χ4n) is 1.73. The van der Waals surface area contributed by atoms with Crippen LogP contribution in [0.1, 0.15) is 15.9 Å². The van der Waals surface area contributed by atoms with Gasteiger partial charge < -0.3 is 15.2 Å². The van der Waals surface area contributed by atoms with E-state index in [9.17, 15) is 23.9 Å². The second-order valence-electron chi connectivity index (χ2n) is 4.53. The Hall–Kier alpha value is -3.55. The Morgan fingerprint density at radius 2 is 1.67 bits per heavy atom. The third-order valence-corrected chi connectivity index (χ3v) is 2.86. The second-order valence-corrected chi connectivity index (χ2v) is 4.53. The zero-order chi connectivity index (χ0) is 17.5. The summed E-state index contributed by atoms with van der Waals surface area (Å²) in [5, 5.41) is 16.7. The maximum atomic E-state index is 12.7. The number of carbonyl (C=O) groups is 3. The number of benzene rings is 2. The fourth-order valence-corrected chi connectivity index (χ4v) is 1.73. The Morgan fingerprint density at radius 1 is 1.00 bits per heavy atom. The minimum atomic E-state index is -1.39. The smallest absolute Gasteiger partial charge is 0.329 e. The molecule has 0 saturated heterocycles. The maximum absolute atomic E-state index is 12.7. The predicted octanol–water partition coefficient (Wildman–Crippen LogP) is 0.278. The molecule has 7 nitrogen and oxygen atoms in total. The molecular formula is C16H11FN3O4-. The zero-order valence-corrected chi connectivity index (χ0v) is 12.2. The molecule has 0 bridgehead atoms. The summed E-state index contributed by atoms with van der Waals surface area (Å²) in [4.78, 5) is 34.1. The number of hydrazone groups is 1. The van der Waals surface area contributed by atoms with Crippen LogP contribution in [0.25, 0.3) is 0 Å². The molecule has 0 aromatic heterocycles. The molecule has 0 unspecified atom stereocenters. The average molecular weight is 328 g/mol. The Balaban J connectivity index is 1.96. The lowest BCUT2D eigenvalue weighted by molar-refractivity contribution is -0.255. The van der Waals surface area contributed by atoms with E-state index >= 15 is 0 Å². The van der Waals surface area contributed by atoms with Crippen molar-refractivity contribution in [2.24, 2.45) is 5.10 Å². The fraction of sp³-hybridized carbons (Fsp3) is 0. The molecule has 8 heteroatoms. The SMILES string of the molecule is O=C(N/N=C\c1ccccc1C(=O)[O-])C(=O)Nc1ccc(F)cc1. The molecule has 2 amide bonds. The van der Waals surface area contributed by atoms with Crippen LogP contribution in [0.4, 0.5) is 10.1 Å². The molecule has 0 aliphatic carbocycles. The van der Waals surface area contributed by atoms with Gasteiger partial charge in [-0.3, -0.25) is 9.59 Å². The lowest BCUT2D eigenvalue weighted by Crippen LogP contribution is -2.32. The van der Waals surface area contributed by atoms with Crippen molar-refractivity contribution in [3.8, 4) is 0 Å². The van der Waals surface area contributed by atoms with Crippen LogP contribution < -0.4 is 15.8 Å². The van der Waals surface area contributed by atoms with Gasteiger partial charge in [-0.05, 0) is 24.3 Å². The highest BCUT2D eigenvalue weighted by Crippen LogP contribution is 2.08. The quantitative estimate of drug-likeness (QED) is 0.477. The molecule has 24 heavy (non-hydrogen) atoms.